The molecule has 0 aliphatic heterocycles. The van der Waals surface area contributed by atoms with Crippen LogP contribution in [0, 0.1) is 12.7 Å². The van der Waals surface area contributed by atoms with Gasteiger partial charge in [0.25, 0.3) is 5.91 Å². The predicted octanol–water partition coefficient (Wildman–Crippen LogP) is 5.50. The highest BCUT2D eigenvalue weighted by molar-refractivity contribution is 6.07. The Morgan fingerprint density at radius 1 is 1.03 bits per heavy atom. The number of nitrogens with one attached hydrogen (secondary N) is 1. The topological polar surface area (TPSA) is 59.8 Å². The second-order valence-corrected chi connectivity index (χ2v) is 8.99. The second kappa shape index (κ2) is 8.77. The van der Waals surface area contributed by atoms with Gasteiger partial charge in [0.05, 0.1) is 11.1 Å². The van der Waals surface area contributed by atoms with Crippen LogP contribution in [0.25, 0.3) is 16.9 Å². The number of fused-ring (bicyclic) bond motifs is 1. The zero-order valence-corrected chi connectivity index (χ0v) is 18.7. The molecule has 5 nitrogen and oxygen atoms in total. The standard InChI is InChI=1S/C27H27FN4O/c1-19-9-11-20(12-10-19)27(13-3-2-4-14-27)18-31-25(33)21-17-32(26-29-15-6-16-30-26)23-8-5-7-22(28)24(21)23/h5-12,15-17H,2-4,13-14,18H2,1H3,(H,31,33). The van der Waals surface area contributed by atoms with Crippen LogP contribution in [0.5, 0.6) is 0 Å². The van der Waals surface area contributed by atoms with E-state index in [4.69, 9.17) is 0 Å². The molecule has 2 aromatic carbocycles. The van der Waals surface area contributed by atoms with Crippen molar-refractivity contribution in [2.45, 2.75) is 44.4 Å². The van der Waals surface area contributed by atoms with E-state index >= 15 is 0 Å². The van der Waals surface area contributed by atoms with Gasteiger partial charge in [-0.3, -0.25) is 9.36 Å². The number of benzene rings is 2. The highest BCUT2D eigenvalue weighted by Crippen LogP contribution is 2.39. The van der Waals surface area contributed by atoms with Crippen molar-refractivity contribution in [3.05, 3.63) is 89.6 Å². The number of carbonyl (C=O) groups is 1. The van der Waals surface area contributed by atoms with Gasteiger partial charge in [0.2, 0.25) is 5.95 Å². The first-order valence-corrected chi connectivity index (χ1v) is 11.5. The van der Waals surface area contributed by atoms with Crippen molar-refractivity contribution in [3.8, 4) is 5.95 Å². The molecule has 0 atom stereocenters. The van der Waals surface area contributed by atoms with Crippen LogP contribution in [0.3, 0.4) is 0 Å². The number of hydrogen-bond acceptors (Lipinski definition) is 3. The molecule has 1 amide bonds. The Morgan fingerprint density at radius 2 is 1.76 bits per heavy atom. The van der Waals surface area contributed by atoms with Gasteiger partial charge >= 0.3 is 0 Å². The van der Waals surface area contributed by atoms with Gasteiger partial charge in [-0.15, -0.1) is 0 Å². The van der Waals surface area contributed by atoms with E-state index in [1.54, 1.807) is 41.4 Å². The molecule has 1 aliphatic rings. The van der Waals surface area contributed by atoms with Crippen molar-refractivity contribution >= 4 is 16.8 Å². The van der Waals surface area contributed by atoms with Gasteiger partial charge in [-0.2, -0.15) is 0 Å². The Bertz CT molecular complexity index is 1270. The molecular weight excluding hydrogens is 415 g/mol. The number of aryl methyl sites for hydroxylation is 1. The molecule has 1 saturated carbocycles. The third kappa shape index (κ3) is 4.01. The van der Waals surface area contributed by atoms with Crippen molar-refractivity contribution in [1.82, 2.24) is 19.9 Å². The minimum atomic E-state index is -0.432. The van der Waals surface area contributed by atoms with E-state index in [1.807, 2.05) is 0 Å². The summed E-state index contributed by atoms with van der Waals surface area (Å²) in [6, 6.07) is 15.2. The average Bonchev–Trinajstić information content (AvgIpc) is 3.25. The molecule has 0 spiro atoms. The molecule has 1 aliphatic carbocycles. The third-order valence-corrected chi connectivity index (χ3v) is 6.85. The van der Waals surface area contributed by atoms with Crippen LogP contribution in [0.4, 0.5) is 4.39 Å². The van der Waals surface area contributed by atoms with Crippen LogP contribution in [-0.4, -0.2) is 27.0 Å². The molecule has 0 saturated heterocycles. The maximum atomic E-state index is 14.9. The maximum Gasteiger partial charge on any atom is 0.253 e. The number of rotatable bonds is 5. The molecule has 2 aromatic heterocycles. The highest BCUT2D eigenvalue weighted by Gasteiger charge is 2.34. The summed E-state index contributed by atoms with van der Waals surface area (Å²) in [5.74, 6) is -0.314. The summed E-state index contributed by atoms with van der Waals surface area (Å²) in [5.41, 5.74) is 3.25. The molecule has 4 aromatic rings. The van der Waals surface area contributed by atoms with Crippen molar-refractivity contribution < 1.29 is 9.18 Å². The van der Waals surface area contributed by atoms with Crippen molar-refractivity contribution in [1.29, 1.82) is 0 Å². The van der Waals surface area contributed by atoms with Crippen molar-refractivity contribution in [2.75, 3.05) is 6.54 Å². The second-order valence-electron chi connectivity index (χ2n) is 8.99. The minimum Gasteiger partial charge on any atom is -0.351 e. The molecule has 1 N–H and O–H groups in total. The van der Waals surface area contributed by atoms with E-state index in [0.29, 0.717) is 23.6 Å². The Kier molecular flexibility index (Phi) is 5.67. The first-order chi connectivity index (χ1) is 16.1. The molecule has 0 unspecified atom stereocenters. The average molecular weight is 443 g/mol. The third-order valence-electron chi connectivity index (χ3n) is 6.85. The van der Waals surface area contributed by atoms with Crippen LogP contribution in [-0.2, 0) is 5.41 Å². The fraction of sp³-hybridized carbons (Fsp3) is 0.296. The molecule has 2 heterocycles. The fourth-order valence-corrected chi connectivity index (χ4v) is 5.04. The minimum absolute atomic E-state index is 0.0962. The van der Waals surface area contributed by atoms with Crippen molar-refractivity contribution in [3.63, 3.8) is 0 Å². The Labute approximate surface area is 192 Å². The zero-order valence-electron chi connectivity index (χ0n) is 18.7. The predicted molar refractivity (Wildman–Crippen MR) is 127 cm³/mol. The van der Waals surface area contributed by atoms with Gasteiger partial charge in [0.15, 0.2) is 0 Å². The van der Waals surface area contributed by atoms with Gasteiger partial charge in [-0.25, -0.2) is 14.4 Å². The maximum absolute atomic E-state index is 14.9. The first-order valence-electron chi connectivity index (χ1n) is 11.5. The zero-order chi connectivity index (χ0) is 22.8. The molecular formula is C27H27FN4O. The van der Waals surface area contributed by atoms with Crippen LogP contribution in [0.1, 0.15) is 53.6 Å². The van der Waals surface area contributed by atoms with E-state index in [-0.39, 0.29) is 16.7 Å². The first kappa shape index (κ1) is 21.3. The van der Waals surface area contributed by atoms with Crippen LogP contribution in [0.15, 0.2) is 67.1 Å². The van der Waals surface area contributed by atoms with E-state index in [0.717, 1.165) is 25.7 Å². The number of amides is 1. The van der Waals surface area contributed by atoms with Gasteiger partial charge in [-0.05, 0) is 43.5 Å². The van der Waals surface area contributed by atoms with Crippen LogP contribution in [0.2, 0.25) is 0 Å². The lowest BCUT2D eigenvalue weighted by Crippen LogP contribution is -2.42. The lowest BCUT2D eigenvalue weighted by atomic mass is 9.69. The van der Waals surface area contributed by atoms with Gasteiger partial charge < -0.3 is 5.32 Å². The number of nitrogens with zero attached hydrogens (tertiary/aromatic N) is 3. The molecule has 0 bridgehead atoms. The summed E-state index contributed by atoms with van der Waals surface area (Å²) in [7, 11) is 0. The summed E-state index contributed by atoms with van der Waals surface area (Å²) in [6.45, 7) is 2.61. The van der Waals surface area contributed by atoms with Crippen molar-refractivity contribution in [2.24, 2.45) is 0 Å². The molecule has 0 radical (unpaired) electrons. The SMILES string of the molecule is Cc1ccc(C2(CNC(=O)c3cn(-c4ncccn4)c4cccc(F)c34)CCCCC2)cc1. The number of aromatic nitrogens is 3. The summed E-state index contributed by atoms with van der Waals surface area (Å²) in [4.78, 5) is 21.9. The number of halogens is 1. The Balaban J connectivity index is 1.48. The number of carbonyl (C=O) groups excluding carboxylic acids is 1. The monoisotopic (exact) mass is 442 g/mol. The largest absolute Gasteiger partial charge is 0.351 e. The smallest absolute Gasteiger partial charge is 0.253 e. The van der Waals surface area contributed by atoms with Gasteiger partial charge in [0, 0.05) is 35.9 Å². The molecule has 1 fully saturated rings. The molecule has 33 heavy (non-hydrogen) atoms. The van der Waals surface area contributed by atoms with E-state index < -0.39 is 5.82 Å². The quantitative estimate of drug-likeness (QED) is 0.444. The van der Waals surface area contributed by atoms with Crippen LogP contribution < -0.4 is 5.32 Å². The normalized spacial score (nSPS) is 15.5. The fourth-order valence-electron chi connectivity index (χ4n) is 5.04. The van der Waals surface area contributed by atoms with E-state index in [2.05, 4.69) is 46.5 Å². The summed E-state index contributed by atoms with van der Waals surface area (Å²) < 4.78 is 16.5. The molecule has 6 heteroatoms. The number of hydrogen-bond donors (Lipinski definition) is 1. The van der Waals surface area contributed by atoms with E-state index in [1.165, 1.54) is 23.6 Å². The lowest BCUT2D eigenvalue weighted by Gasteiger charge is -2.38. The highest BCUT2D eigenvalue weighted by atomic mass is 19.1. The van der Waals surface area contributed by atoms with Gasteiger partial charge in [-0.1, -0.05) is 55.2 Å². The summed E-state index contributed by atoms with van der Waals surface area (Å²) in [5, 5.41) is 3.43. The summed E-state index contributed by atoms with van der Waals surface area (Å²) in [6.07, 6.45) is 10.5. The Morgan fingerprint density at radius 3 is 2.48 bits per heavy atom. The summed E-state index contributed by atoms with van der Waals surface area (Å²) >= 11 is 0. The van der Waals surface area contributed by atoms with Crippen LogP contribution >= 0.6 is 0 Å². The van der Waals surface area contributed by atoms with E-state index in [9.17, 15) is 9.18 Å². The Hall–Kier alpha value is -3.54. The van der Waals surface area contributed by atoms with Gasteiger partial charge in [0.1, 0.15) is 5.82 Å². The molecule has 5 rings (SSSR count). The lowest BCUT2D eigenvalue weighted by molar-refractivity contribution is 0.0938. The molecule has 168 valence electrons.